The van der Waals surface area contributed by atoms with Crippen molar-refractivity contribution in [2.45, 2.75) is 0 Å². The standard InChI is InChI=1S/C8H5N3OS/c12-7-5-2-4-13-8(5)11-6(10-7)1-3-9-11/h1-4H,(H,10,12). The van der Waals surface area contributed by atoms with Crippen LogP contribution in [0.1, 0.15) is 0 Å². The van der Waals surface area contributed by atoms with E-state index in [0.29, 0.717) is 5.39 Å². The van der Waals surface area contributed by atoms with Crippen molar-refractivity contribution in [2.24, 2.45) is 0 Å². The quantitative estimate of drug-likeness (QED) is 0.581. The molecule has 5 heteroatoms. The van der Waals surface area contributed by atoms with E-state index in [-0.39, 0.29) is 5.56 Å². The molecule has 3 aromatic rings. The molecule has 0 aliphatic rings. The van der Waals surface area contributed by atoms with Gasteiger partial charge in [-0.2, -0.15) is 5.10 Å². The van der Waals surface area contributed by atoms with Crippen LogP contribution in [0.15, 0.2) is 28.5 Å². The number of thiophene rings is 1. The average molecular weight is 191 g/mol. The molecular formula is C8H5N3OS. The zero-order chi connectivity index (χ0) is 8.84. The molecule has 1 N–H and O–H groups in total. The maximum absolute atomic E-state index is 11.5. The maximum Gasteiger partial charge on any atom is 0.259 e. The van der Waals surface area contributed by atoms with Gasteiger partial charge >= 0.3 is 0 Å². The van der Waals surface area contributed by atoms with Crippen LogP contribution in [-0.2, 0) is 0 Å². The fraction of sp³-hybridized carbons (Fsp3) is 0. The molecule has 0 spiro atoms. The van der Waals surface area contributed by atoms with Crippen LogP contribution in [0.5, 0.6) is 0 Å². The Morgan fingerprint density at radius 3 is 3.31 bits per heavy atom. The molecule has 3 heterocycles. The second-order valence-corrected chi connectivity index (χ2v) is 3.62. The summed E-state index contributed by atoms with van der Waals surface area (Å²) in [5.41, 5.74) is 0.684. The Balaban J connectivity index is 2.79. The second-order valence-electron chi connectivity index (χ2n) is 2.72. The first-order valence-corrected chi connectivity index (χ1v) is 4.67. The van der Waals surface area contributed by atoms with Gasteiger partial charge in [0, 0.05) is 6.07 Å². The van der Waals surface area contributed by atoms with Crippen molar-refractivity contribution < 1.29 is 0 Å². The third-order valence-corrected chi connectivity index (χ3v) is 2.85. The molecule has 0 aliphatic carbocycles. The van der Waals surface area contributed by atoms with Crippen LogP contribution in [-0.4, -0.2) is 14.6 Å². The summed E-state index contributed by atoms with van der Waals surface area (Å²) in [5.74, 6) is 0. The number of aromatic amines is 1. The molecule has 3 aromatic heterocycles. The van der Waals surface area contributed by atoms with Crippen LogP contribution in [0, 0.1) is 0 Å². The number of aromatic nitrogens is 3. The number of H-pyrrole nitrogens is 1. The fourth-order valence-electron chi connectivity index (χ4n) is 1.38. The molecule has 3 rings (SSSR count). The Hall–Kier alpha value is -1.62. The third-order valence-electron chi connectivity index (χ3n) is 1.97. The highest BCUT2D eigenvalue weighted by atomic mass is 32.1. The molecule has 13 heavy (non-hydrogen) atoms. The van der Waals surface area contributed by atoms with Gasteiger partial charge in [-0.1, -0.05) is 0 Å². The Kier molecular flexibility index (Phi) is 1.16. The number of hydrogen-bond acceptors (Lipinski definition) is 3. The molecule has 0 bridgehead atoms. The van der Waals surface area contributed by atoms with E-state index in [2.05, 4.69) is 10.1 Å². The minimum absolute atomic E-state index is 0.0516. The molecule has 0 aromatic carbocycles. The normalized spacial score (nSPS) is 11.4. The lowest BCUT2D eigenvalue weighted by Crippen LogP contribution is -2.07. The summed E-state index contributed by atoms with van der Waals surface area (Å²) in [4.78, 5) is 15.1. The van der Waals surface area contributed by atoms with Crippen molar-refractivity contribution in [3.05, 3.63) is 34.1 Å². The molecule has 0 saturated carbocycles. The van der Waals surface area contributed by atoms with Crippen molar-refractivity contribution in [3.8, 4) is 0 Å². The van der Waals surface area contributed by atoms with E-state index in [9.17, 15) is 4.79 Å². The lowest BCUT2D eigenvalue weighted by atomic mass is 10.4. The van der Waals surface area contributed by atoms with Crippen LogP contribution in [0.4, 0.5) is 0 Å². The number of hydrogen-bond donors (Lipinski definition) is 1. The molecular weight excluding hydrogens is 186 g/mol. The Morgan fingerprint density at radius 2 is 2.38 bits per heavy atom. The first-order valence-electron chi connectivity index (χ1n) is 3.79. The molecule has 0 radical (unpaired) electrons. The van der Waals surface area contributed by atoms with Gasteiger partial charge in [0.25, 0.3) is 5.56 Å². The molecule has 0 atom stereocenters. The van der Waals surface area contributed by atoms with E-state index in [1.165, 1.54) is 11.3 Å². The van der Waals surface area contributed by atoms with Crippen LogP contribution in [0.2, 0.25) is 0 Å². The molecule has 0 unspecified atom stereocenters. The smallest absolute Gasteiger partial charge is 0.259 e. The first kappa shape index (κ1) is 6.85. The van der Waals surface area contributed by atoms with Crippen molar-refractivity contribution in [1.82, 2.24) is 14.6 Å². The summed E-state index contributed by atoms with van der Waals surface area (Å²) in [7, 11) is 0. The summed E-state index contributed by atoms with van der Waals surface area (Å²) in [6, 6.07) is 3.58. The van der Waals surface area contributed by atoms with Crippen molar-refractivity contribution in [1.29, 1.82) is 0 Å². The average Bonchev–Trinajstić information content (AvgIpc) is 2.66. The fourth-order valence-corrected chi connectivity index (χ4v) is 2.25. The third kappa shape index (κ3) is 0.790. The molecule has 0 saturated heterocycles. The monoisotopic (exact) mass is 191 g/mol. The van der Waals surface area contributed by atoms with Crippen LogP contribution < -0.4 is 5.56 Å². The lowest BCUT2D eigenvalue weighted by Gasteiger charge is -1.93. The lowest BCUT2D eigenvalue weighted by molar-refractivity contribution is 0.986. The van der Waals surface area contributed by atoms with Gasteiger partial charge in [-0.15, -0.1) is 11.3 Å². The Morgan fingerprint density at radius 1 is 1.46 bits per heavy atom. The van der Waals surface area contributed by atoms with Crippen LogP contribution in [0.25, 0.3) is 15.9 Å². The molecule has 0 fully saturated rings. The summed E-state index contributed by atoms with van der Waals surface area (Å²) in [6.07, 6.45) is 1.67. The van der Waals surface area contributed by atoms with Crippen molar-refractivity contribution in [3.63, 3.8) is 0 Å². The van der Waals surface area contributed by atoms with Gasteiger partial charge in [0.15, 0.2) is 0 Å². The second kappa shape index (κ2) is 2.20. The summed E-state index contributed by atoms with van der Waals surface area (Å²) >= 11 is 1.52. The first-order chi connectivity index (χ1) is 6.36. The zero-order valence-electron chi connectivity index (χ0n) is 6.52. The summed E-state index contributed by atoms with van der Waals surface area (Å²) in [5, 5.41) is 6.70. The van der Waals surface area contributed by atoms with Gasteiger partial charge < -0.3 is 4.98 Å². The van der Waals surface area contributed by atoms with E-state index in [4.69, 9.17) is 0 Å². The SMILES string of the molecule is O=c1[nH]c2ccnn2c2sccc12. The van der Waals surface area contributed by atoms with E-state index in [0.717, 1.165) is 10.5 Å². The minimum atomic E-state index is -0.0516. The highest BCUT2D eigenvalue weighted by Crippen LogP contribution is 2.16. The minimum Gasteiger partial charge on any atom is -0.306 e. The van der Waals surface area contributed by atoms with E-state index >= 15 is 0 Å². The highest BCUT2D eigenvalue weighted by molar-refractivity contribution is 7.16. The molecule has 0 aliphatic heterocycles. The van der Waals surface area contributed by atoms with Gasteiger partial charge in [-0.25, -0.2) is 4.52 Å². The number of nitrogens with one attached hydrogen (secondary N) is 1. The van der Waals surface area contributed by atoms with Gasteiger partial charge in [0.2, 0.25) is 0 Å². The van der Waals surface area contributed by atoms with Gasteiger partial charge in [0.1, 0.15) is 10.5 Å². The Labute approximate surface area is 76.4 Å². The molecule has 64 valence electrons. The number of fused-ring (bicyclic) bond motifs is 3. The molecule has 0 amide bonds. The Bertz CT molecular complexity index is 633. The summed E-state index contributed by atoms with van der Waals surface area (Å²) in [6.45, 7) is 0. The van der Waals surface area contributed by atoms with Crippen LogP contribution >= 0.6 is 11.3 Å². The predicted molar refractivity (Wildman–Crippen MR) is 51.2 cm³/mol. The van der Waals surface area contributed by atoms with Crippen molar-refractivity contribution in [2.75, 3.05) is 0 Å². The maximum atomic E-state index is 11.5. The van der Waals surface area contributed by atoms with Gasteiger partial charge in [-0.3, -0.25) is 4.79 Å². The topological polar surface area (TPSA) is 50.2 Å². The highest BCUT2D eigenvalue weighted by Gasteiger charge is 2.05. The van der Waals surface area contributed by atoms with E-state index in [1.54, 1.807) is 22.8 Å². The number of nitrogens with zero attached hydrogens (tertiary/aromatic N) is 2. The number of rotatable bonds is 0. The van der Waals surface area contributed by atoms with Gasteiger partial charge in [0.05, 0.1) is 11.6 Å². The van der Waals surface area contributed by atoms with Gasteiger partial charge in [-0.05, 0) is 11.4 Å². The van der Waals surface area contributed by atoms with E-state index in [1.807, 2.05) is 5.38 Å². The largest absolute Gasteiger partial charge is 0.306 e. The van der Waals surface area contributed by atoms with Crippen LogP contribution in [0.3, 0.4) is 0 Å². The zero-order valence-corrected chi connectivity index (χ0v) is 7.34. The van der Waals surface area contributed by atoms with Crippen molar-refractivity contribution >= 4 is 27.2 Å². The summed E-state index contributed by atoms with van der Waals surface area (Å²) < 4.78 is 1.74. The predicted octanol–water partition coefficient (Wildman–Crippen LogP) is 1.24. The van der Waals surface area contributed by atoms with E-state index < -0.39 is 0 Å². The molecule has 4 nitrogen and oxygen atoms in total.